The number of aromatic nitrogens is 2. The van der Waals surface area contributed by atoms with E-state index in [-0.39, 0.29) is 0 Å². The van der Waals surface area contributed by atoms with Gasteiger partial charge in [-0.3, -0.25) is 9.58 Å². The van der Waals surface area contributed by atoms with Crippen molar-refractivity contribution in [1.82, 2.24) is 14.7 Å². The molecule has 0 aliphatic carbocycles. The molecule has 3 heterocycles. The average Bonchev–Trinajstić information content (AvgIpc) is 3.16. The largest absolute Gasteiger partial charge is 0.497 e. The number of terminal acetylenes is 1. The molecule has 2 aliphatic rings. The number of rotatable bonds is 7. The van der Waals surface area contributed by atoms with Crippen molar-refractivity contribution in [2.24, 2.45) is 5.92 Å². The Hall–Kier alpha value is -2.03. The van der Waals surface area contributed by atoms with Gasteiger partial charge in [-0.2, -0.15) is 5.10 Å². The fraction of sp³-hybridized carbons (Fsp3) is 0.591. The van der Waals surface area contributed by atoms with Crippen LogP contribution in [-0.4, -0.2) is 53.1 Å². The van der Waals surface area contributed by atoms with Crippen LogP contribution in [0.5, 0.6) is 5.75 Å². The van der Waals surface area contributed by atoms with Gasteiger partial charge in [-0.25, -0.2) is 0 Å². The van der Waals surface area contributed by atoms with Crippen molar-refractivity contribution >= 4 is 10.9 Å². The van der Waals surface area contributed by atoms with Crippen LogP contribution in [0.15, 0.2) is 24.4 Å². The highest BCUT2D eigenvalue weighted by molar-refractivity contribution is 5.80. The van der Waals surface area contributed by atoms with Crippen molar-refractivity contribution in [3.05, 3.63) is 24.4 Å². The second-order valence-electron chi connectivity index (χ2n) is 8.05. The minimum atomic E-state index is 0.340. The summed E-state index contributed by atoms with van der Waals surface area (Å²) in [6.45, 7) is 4.80. The molecule has 2 saturated heterocycles. The Morgan fingerprint density at radius 1 is 1.26 bits per heavy atom. The Balaban J connectivity index is 1.39. The maximum Gasteiger partial charge on any atom is 0.121 e. The molecule has 27 heavy (non-hydrogen) atoms. The molecule has 0 amide bonds. The number of methoxy groups -OCH3 is 1. The first kappa shape index (κ1) is 18.3. The standard InChI is InChI=1S/C22H29N3O2/c1-4-9-27-21-10-18-6-7-19(11-21)24(18)14-16(2)15-25-22-12-20(26-3)8-5-17(22)13-23-25/h1,5,8,12-13,16,18-19,21H,6-7,9-11,14-15H2,2-3H3/t16?,18-,19+,21?. The van der Waals surface area contributed by atoms with Crippen molar-refractivity contribution in [2.75, 3.05) is 20.3 Å². The summed E-state index contributed by atoms with van der Waals surface area (Å²) in [6.07, 6.45) is 12.4. The summed E-state index contributed by atoms with van der Waals surface area (Å²) in [5, 5.41) is 5.77. The van der Waals surface area contributed by atoms with Gasteiger partial charge in [-0.05, 0) is 43.7 Å². The second kappa shape index (κ2) is 7.92. The van der Waals surface area contributed by atoms with Crippen LogP contribution >= 0.6 is 0 Å². The van der Waals surface area contributed by atoms with Gasteiger partial charge in [0.05, 0.1) is 24.9 Å². The van der Waals surface area contributed by atoms with E-state index in [4.69, 9.17) is 15.9 Å². The van der Waals surface area contributed by atoms with Crippen LogP contribution < -0.4 is 4.74 Å². The minimum absolute atomic E-state index is 0.340. The second-order valence-corrected chi connectivity index (χ2v) is 8.05. The smallest absolute Gasteiger partial charge is 0.121 e. The van der Waals surface area contributed by atoms with Gasteiger partial charge in [0, 0.05) is 36.6 Å². The minimum Gasteiger partial charge on any atom is -0.497 e. The fourth-order valence-electron chi connectivity index (χ4n) is 4.86. The van der Waals surface area contributed by atoms with E-state index in [1.54, 1.807) is 7.11 Å². The number of hydrogen-bond acceptors (Lipinski definition) is 4. The van der Waals surface area contributed by atoms with Crippen LogP contribution in [0, 0.1) is 18.3 Å². The summed E-state index contributed by atoms with van der Waals surface area (Å²) in [7, 11) is 1.71. The van der Waals surface area contributed by atoms with Gasteiger partial charge in [-0.15, -0.1) is 6.42 Å². The van der Waals surface area contributed by atoms with E-state index in [9.17, 15) is 0 Å². The third-order valence-corrected chi connectivity index (χ3v) is 6.10. The predicted octanol–water partition coefficient (Wildman–Crippen LogP) is 3.33. The summed E-state index contributed by atoms with van der Waals surface area (Å²) in [4.78, 5) is 2.71. The summed E-state index contributed by atoms with van der Waals surface area (Å²) < 4.78 is 13.3. The Labute approximate surface area is 161 Å². The number of fused-ring (bicyclic) bond motifs is 3. The Morgan fingerprint density at radius 2 is 2.04 bits per heavy atom. The van der Waals surface area contributed by atoms with Gasteiger partial charge in [0.15, 0.2) is 0 Å². The van der Waals surface area contributed by atoms with Gasteiger partial charge in [0.25, 0.3) is 0 Å². The molecule has 1 aromatic heterocycles. The summed E-state index contributed by atoms with van der Waals surface area (Å²) in [5.74, 6) is 4.01. The number of hydrogen-bond donors (Lipinski definition) is 0. The summed E-state index contributed by atoms with van der Waals surface area (Å²) >= 11 is 0. The molecule has 4 rings (SSSR count). The molecule has 5 nitrogen and oxygen atoms in total. The number of nitrogens with zero attached hydrogens (tertiary/aromatic N) is 3. The first-order valence-electron chi connectivity index (χ1n) is 9.98. The summed E-state index contributed by atoms with van der Waals surface area (Å²) in [5.41, 5.74) is 1.14. The van der Waals surface area contributed by atoms with E-state index in [0.29, 0.717) is 30.7 Å². The number of ether oxygens (including phenoxy) is 2. The molecule has 5 heteroatoms. The quantitative estimate of drug-likeness (QED) is 0.704. The van der Waals surface area contributed by atoms with E-state index in [0.717, 1.165) is 42.6 Å². The van der Waals surface area contributed by atoms with Crippen LogP contribution in [0.4, 0.5) is 0 Å². The molecule has 0 saturated carbocycles. The normalized spacial score (nSPS) is 26.2. The zero-order chi connectivity index (χ0) is 18.8. The van der Waals surface area contributed by atoms with Gasteiger partial charge in [0.2, 0.25) is 0 Å². The van der Waals surface area contributed by atoms with Gasteiger partial charge in [-0.1, -0.05) is 12.8 Å². The van der Waals surface area contributed by atoms with Crippen LogP contribution in [0.25, 0.3) is 10.9 Å². The van der Waals surface area contributed by atoms with Crippen molar-refractivity contribution in [3.8, 4) is 18.1 Å². The Bertz CT molecular complexity index is 811. The van der Waals surface area contributed by atoms with Crippen molar-refractivity contribution in [3.63, 3.8) is 0 Å². The van der Waals surface area contributed by atoms with Gasteiger partial charge in [0.1, 0.15) is 12.4 Å². The molecule has 0 radical (unpaired) electrons. The molecule has 4 atom stereocenters. The first-order chi connectivity index (χ1) is 13.2. The highest BCUT2D eigenvalue weighted by atomic mass is 16.5. The zero-order valence-corrected chi connectivity index (χ0v) is 16.3. The lowest BCUT2D eigenvalue weighted by Gasteiger charge is -2.40. The van der Waals surface area contributed by atoms with E-state index in [1.165, 1.54) is 12.8 Å². The monoisotopic (exact) mass is 367 g/mol. The molecule has 2 bridgehead atoms. The van der Waals surface area contributed by atoms with Gasteiger partial charge < -0.3 is 9.47 Å². The molecule has 1 aromatic carbocycles. The zero-order valence-electron chi connectivity index (χ0n) is 16.3. The molecular formula is C22H29N3O2. The maximum atomic E-state index is 5.83. The third-order valence-electron chi connectivity index (χ3n) is 6.10. The number of piperidine rings is 1. The van der Waals surface area contributed by atoms with Crippen molar-refractivity contribution < 1.29 is 9.47 Å². The maximum absolute atomic E-state index is 5.83. The molecule has 2 fully saturated rings. The lowest BCUT2D eigenvalue weighted by Crippen LogP contribution is -2.47. The van der Waals surface area contributed by atoms with Crippen LogP contribution in [0.2, 0.25) is 0 Å². The van der Waals surface area contributed by atoms with E-state index in [2.05, 4.69) is 39.7 Å². The highest BCUT2D eigenvalue weighted by Crippen LogP contribution is 2.37. The predicted molar refractivity (Wildman–Crippen MR) is 107 cm³/mol. The fourth-order valence-corrected chi connectivity index (χ4v) is 4.86. The number of benzene rings is 1. The van der Waals surface area contributed by atoms with Gasteiger partial charge >= 0.3 is 0 Å². The lowest BCUT2D eigenvalue weighted by atomic mass is 9.98. The van der Waals surface area contributed by atoms with Crippen LogP contribution in [0.3, 0.4) is 0 Å². The van der Waals surface area contributed by atoms with Crippen LogP contribution in [0.1, 0.15) is 32.6 Å². The average molecular weight is 367 g/mol. The SMILES string of the molecule is C#CCOC1C[C@H]2CC[C@@H](C1)N2CC(C)Cn1ncc2ccc(OC)cc21. The molecule has 144 valence electrons. The lowest BCUT2D eigenvalue weighted by molar-refractivity contribution is -0.0117. The van der Waals surface area contributed by atoms with Crippen LogP contribution in [-0.2, 0) is 11.3 Å². The van der Waals surface area contributed by atoms with E-state index >= 15 is 0 Å². The highest BCUT2D eigenvalue weighted by Gasteiger charge is 2.41. The first-order valence-corrected chi connectivity index (χ1v) is 9.98. The molecular weight excluding hydrogens is 338 g/mol. The molecule has 0 N–H and O–H groups in total. The Morgan fingerprint density at radius 3 is 2.74 bits per heavy atom. The molecule has 2 aromatic rings. The molecule has 2 unspecified atom stereocenters. The summed E-state index contributed by atoms with van der Waals surface area (Å²) in [6, 6.07) is 7.42. The molecule has 0 spiro atoms. The third kappa shape index (κ3) is 3.83. The van der Waals surface area contributed by atoms with Crippen molar-refractivity contribution in [2.45, 2.75) is 57.3 Å². The van der Waals surface area contributed by atoms with E-state index < -0.39 is 0 Å². The van der Waals surface area contributed by atoms with Crippen molar-refractivity contribution in [1.29, 1.82) is 0 Å². The Kier molecular flexibility index (Phi) is 5.38. The topological polar surface area (TPSA) is 39.5 Å². The van der Waals surface area contributed by atoms with E-state index in [1.807, 2.05) is 12.3 Å². The molecule has 2 aliphatic heterocycles.